The van der Waals surface area contributed by atoms with Crippen molar-refractivity contribution in [3.8, 4) is 0 Å². The van der Waals surface area contributed by atoms with Gasteiger partial charge in [0.05, 0.1) is 18.8 Å². The second kappa shape index (κ2) is 6.20. The number of morpholine rings is 1. The fourth-order valence-electron chi connectivity index (χ4n) is 2.85. The van der Waals surface area contributed by atoms with E-state index in [-0.39, 0.29) is 5.91 Å². The Bertz CT molecular complexity index is 474. The number of aromatic nitrogens is 1. The van der Waals surface area contributed by atoms with Gasteiger partial charge in [0.25, 0.3) is 5.91 Å². The molecule has 3 heterocycles. The molecule has 20 heavy (non-hydrogen) atoms. The predicted octanol–water partition coefficient (Wildman–Crippen LogP) is 1.39. The molecule has 0 N–H and O–H groups in total. The summed E-state index contributed by atoms with van der Waals surface area (Å²) in [7, 11) is 0. The Kier molecular flexibility index (Phi) is 4.33. The number of carbonyl (C=O) groups is 1. The van der Waals surface area contributed by atoms with Gasteiger partial charge in [-0.15, -0.1) is 0 Å². The number of halogens is 1. The molecule has 0 aliphatic carbocycles. The Morgan fingerprint density at radius 2 is 2.10 bits per heavy atom. The van der Waals surface area contributed by atoms with Gasteiger partial charge in [0.2, 0.25) is 0 Å². The van der Waals surface area contributed by atoms with Gasteiger partial charge < -0.3 is 9.64 Å². The number of nitrogens with zero attached hydrogens (tertiary/aromatic N) is 3. The van der Waals surface area contributed by atoms with Crippen LogP contribution < -0.4 is 0 Å². The topological polar surface area (TPSA) is 45.7 Å². The number of hydrogen-bond donors (Lipinski definition) is 0. The number of amides is 1. The van der Waals surface area contributed by atoms with E-state index < -0.39 is 0 Å². The van der Waals surface area contributed by atoms with E-state index in [1.165, 1.54) is 0 Å². The summed E-state index contributed by atoms with van der Waals surface area (Å²) in [6.45, 7) is 5.22. The molecule has 0 bridgehead atoms. The van der Waals surface area contributed by atoms with Gasteiger partial charge in [0, 0.05) is 38.4 Å². The van der Waals surface area contributed by atoms with Crippen molar-refractivity contribution in [2.24, 2.45) is 0 Å². The molecule has 2 aliphatic heterocycles. The summed E-state index contributed by atoms with van der Waals surface area (Å²) < 4.78 is 6.13. The summed E-state index contributed by atoms with van der Waals surface area (Å²) in [5.41, 5.74) is 0.663. The van der Waals surface area contributed by atoms with Crippen molar-refractivity contribution < 1.29 is 9.53 Å². The van der Waals surface area contributed by atoms with Gasteiger partial charge in [-0.3, -0.25) is 9.69 Å². The molecule has 6 heteroatoms. The average Bonchev–Trinajstić information content (AvgIpc) is 2.98. The second-order valence-electron chi connectivity index (χ2n) is 5.21. The van der Waals surface area contributed by atoms with Gasteiger partial charge in [0.15, 0.2) is 0 Å². The first-order valence-electron chi connectivity index (χ1n) is 6.96. The maximum Gasteiger partial charge on any atom is 0.255 e. The van der Waals surface area contributed by atoms with Crippen molar-refractivity contribution in [2.45, 2.75) is 12.5 Å². The molecule has 0 radical (unpaired) electrons. The maximum atomic E-state index is 12.4. The Balaban J connectivity index is 1.61. The summed E-state index contributed by atoms with van der Waals surface area (Å²) in [4.78, 5) is 20.9. The first kappa shape index (κ1) is 14.0. The number of hydrogen-bond acceptors (Lipinski definition) is 4. The van der Waals surface area contributed by atoms with Crippen molar-refractivity contribution in [3.63, 3.8) is 0 Å². The standard InChI is InChI=1S/C14H18BrN3O2/c15-13-2-1-11(9-16-13)14(19)18-4-3-12(10-18)17-5-7-20-8-6-17/h1-2,9,12H,3-8,10H2. The average molecular weight is 340 g/mol. The van der Waals surface area contributed by atoms with E-state index in [0.29, 0.717) is 11.6 Å². The third-order valence-electron chi connectivity index (χ3n) is 3.99. The molecule has 2 fully saturated rings. The minimum atomic E-state index is 0.0840. The summed E-state index contributed by atoms with van der Waals surface area (Å²) in [5.74, 6) is 0.0840. The summed E-state index contributed by atoms with van der Waals surface area (Å²) in [6, 6.07) is 4.11. The van der Waals surface area contributed by atoms with E-state index in [1.54, 1.807) is 6.20 Å². The molecule has 0 spiro atoms. The number of ether oxygens (including phenoxy) is 1. The van der Waals surface area contributed by atoms with Gasteiger partial charge in [-0.25, -0.2) is 4.98 Å². The van der Waals surface area contributed by atoms with Gasteiger partial charge in [0.1, 0.15) is 4.60 Å². The molecular weight excluding hydrogens is 322 g/mol. The first-order chi connectivity index (χ1) is 9.74. The second-order valence-corrected chi connectivity index (χ2v) is 6.02. The Hall–Kier alpha value is -0.980. The van der Waals surface area contributed by atoms with E-state index in [9.17, 15) is 4.79 Å². The van der Waals surface area contributed by atoms with E-state index >= 15 is 0 Å². The molecule has 1 unspecified atom stereocenters. The normalized spacial score (nSPS) is 24.1. The largest absolute Gasteiger partial charge is 0.379 e. The summed E-state index contributed by atoms with van der Waals surface area (Å²) >= 11 is 3.29. The van der Waals surface area contributed by atoms with Crippen LogP contribution in [0, 0.1) is 0 Å². The van der Waals surface area contributed by atoms with Crippen LogP contribution in [0.15, 0.2) is 22.9 Å². The lowest BCUT2D eigenvalue weighted by atomic mass is 10.2. The van der Waals surface area contributed by atoms with Crippen molar-refractivity contribution in [1.82, 2.24) is 14.8 Å². The molecular formula is C14H18BrN3O2. The Morgan fingerprint density at radius 3 is 2.80 bits per heavy atom. The van der Waals surface area contributed by atoms with Crippen LogP contribution in [0.25, 0.3) is 0 Å². The van der Waals surface area contributed by atoms with Gasteiger partial charge >= 0.3 is 0 Å². The molecule has 5 nitrogen and oxygen atoms in total. The number of pyridine rings is 1. The number of rotatable bonds is 2. The third kappa shape index (κ3) is 3.02. The van der Waals surface area contributed by atoms with Crippen LogP contribution in [0.2, 0.25) is 0 Å². The molecule has 0 aromatic carbocycles. The van der Waals surface area contributed by atoms with Crippen LogP contribution in [0.3, 0.4) is 0 Å². The number of likely N-dealkylation sites (tertiary alicyclic amines) is 1. The quantitative estimate of drug-likeness (QED) is 0.764. The zero-order chi connectivity index (χ0) is 13.9. The van der Waals surface area contributed by atoms with Crippen molar-refractivity contribution in [1.29, 1.82) is 0 Å². The molecule has 1 atom stereocenters. The monoisotopic (exact) mass is 339 g/mol. The Morgan fingerprint density at radius 1 is 1.30 bits per heavy atom. The summed E-state index contributed by atoms with van der Waals surface area (Å²) in [6.07, 6.45) is 2.68. The van der Waals surface area contributed by atoms with E-state index in [0.717, 1.165) is 50.4 Å². The minimum absolute atomic E-state index is 0.0840. The van der Waals surface area contributed by atoms with Crippen LogP contribution in [0.4, 0.5) is 0 Å². The molecule has 1 aromatic heterocycles. The van der Waals surface area contributed by atoms with Crippen molar-refractivity contribution in [3.05, 3.63) is 28.5 Å². The lowest BCUT2D eigenvalue weighted by Gasteiger charge is -2.32. The molecule has 0 saturated carbocycles. The molecule has 1 aromatic rings. The predicted molar refractivity (Wildman–Crippen MR) is 78.6 cm³/mol. The van der Waals surface area contributed by atoms with Crippen LogP contribution in [0.5, 0.6) is 0 Å². The smallest absolute Gasteiger partial charge is 0.255 e. The van der Waals surface area contributed by atoms with Crippen LogP contribution in [-0.2, 0) is 4.74 Å². The molecule has 3 rings (SSSR count). The lowest BCUT2D eigenvalue weighted by Crippen LogP contribution is -2.45. The SMILES string of the molecule is O=C(c1ccc(Br)nc1)N1CCC(N2CCOCC2)C1. The highest BCUT2D eigenvalue weighted by atomic mass is 79.9. The zero-order valence-corrected chi connectivity index (χ0v) is 12.9. The van der Waals surface area contributed by atoms with Crippen LogP contribution in [0.1, 0.15) is 16.8 Å². The third-order valence-corrected chi connectivity index (χ3v) is 4.46. The lowest BCUT2D eigenvalue weighted by molar-refractivity contribution is 0.0185. The van der Waals surface area contributed by atoms with Gasteiger partial charge in [-0.2, -0.15) is 0 Å². The van der Waals surface area contributed by atoms with E-state index in [1.807, 2.05) is 17.0 Å². The van der Waals surface area contributed by atoms with E-state index in [4.69, 9.17) is 4.74 Å². The molecule has 1 amide bonds. The van der Waals surface area contributed by atoms with Gasteiger partial charge in [-0.05, 0) is 34.5 Å². The van der Waals surface area contributed by atoms with Crippen molar-refractivity contribution >= 4 is 21.8 Å². The summed E-state index contributed by atoms with van der Waals surface area (Å²) in [5, 5.41) is 0. The minimum Gasteiger partial charge on any atom is -0.379 e. The highest BCUT2D eigenvalue weighted by molar-refractivity contribution is 9.10. The molecule has 108 valence electrons. The molecule has 2 saturated heterocycles. The van der Waals surface area contributed by atoms with Crippen LogP contribution in [-0.4, -0.2) is 66.1 Å². The Labute approximate surface area is 127 Å². The highest BCUT2D eigenvalue weighted by Crippen LogP contribution is 2.19. The fourth-order valence-corrected chi connectivity index (χ4v) is 3.09. The van der Waals surface area contributed by atoms with Crippen LogP contribution >= 0.6 is 15.9 Å². The first-order valence-corrected chi connectivity index (χ1v) is 7.76. The van der Waals surface area contributed by atoms with Gasteiger partial charge in [-0.1, -0.05) is 0 Å². The number of carbonyl (C=O) groups excluding carboxylic acids is 1. The van der Waals surface area contributed by atoms with Crippen molar-refractivity contribution in [2.75, 3.05) is 39.4 Å². The zero-order valence-electron chi connectivity index (χ0n) is 11.3. The highest BCUT2D eigenvalue weighted by Gasteiger charge is 2.31. The molecule has 2 aliphatic rings. The maximum absolute atomic E-state index is 12.4. The van der Waals surface area contributed by atoms with E-state index in [2.05, 4.69) is 25.8 Å². The fraction of sp³-hybridized carbons (Fsp3) is 0.571.